The first-order chi connectivity index (χ1) is 10.4. The average molecular weight is 277 g/mol. The zero-order valence-electron chi connectivity index (χ0n) is 12.1. The fourth-order valence-corrected chi connectivity index (χ4v) is 2.52. The van der Waals surface area contributed by atoms with Gasteiger partial charge in [-0.15, -0.1) is 0 Å². The van der Waals surface area contributed by atoms with Crippen LogP contribution in [0.5, 0.6) is 0 Å². The molecule has 1 heterocycles. The van der Waals surface area contributed by atoms with Crippen molar-refractivity contribution >= 4 is 5.69 Å². The predicted octanol–water partition coefficient (Wildman–Crippen LogP) is 4.44. The van der Waals surface area contributed by atoms with Crippen LogP contribution < -0.4 is 5.32 Å². The van der Waals surface area contributed by atoms with Gasteiger partial charge < -0.3 is 9.88 Å². The maximum Gasteiger partial charge on any atom is 0.0992 e. The molecule has 1 atom stereocenters. The molecule has 0 aliphatic carbocycles. The van der Waals surface area contributed by atoms with E-state index in [9.17, 15) is 0 Å². The Morgan fingerprint density at radius 1 is 1.05 bits per heavy atom. The number of para-hydroxylation sites is 2. The molecular formula is C18H19N3. The first kappa shape index (κ1) is 13.4. The first-order valence-electron chi connectivity index (χ1n) is 7.27. The molecule has 3 aromatic rings. The maximum atomic E-state index is 4.13. The van der Waals surface area contributed by atoms with E-state index >= 15 is 0 Å². The second-order valence-electron chi connectivity index (χ2n) is 5.00. The molecule has 0 amide bonds. The predicted molar refractivity (Wildman–Crippen MR) is 86.7 cm³/mol. The summed E-state index contributed by atoms with van der Waals surface area (Å²) in [5, 5.41) is 3.65. The van der Waals surface area contributed by atoms with Crippen LogP contribution in [0.25, 0.3) is 5.69 Å². The fourth-order valence-electron chi connectivity index (χ4n) is 2.52. The monoisotopic (exact) mass is 277 g/mol. The number of hydrogen-bond donors (Lipinski definition) is 1. The van der Waals surface area contributed by atoms with Gasteiger partial charge in [0, 0.05) is 12.4 Å². The van der Waals surface area contributed by atoms with Gasteiger partial charge in [-0.1, -0.05) is 49.4 Å². The van der Waals surface area contributed by atoms with E-state index in [0.29, 0.717) is 6.04 Å². The number of imidazole rings is 1. The topological polar surface area (TPSA) is 29.9 Å². The minimum Gasteiger partial charge on any atom is -0.377 e. The molecule has 2 aromatic carbocycles. The Balaban J connectivity index is 1.91. The van der Waals surface area contributed by atoms with Crippen molar-refractivity contribution in [3.8, 4) is 5.69 Å². The molecule has 3 nitrogen and oxygen atoms in total. The van der Waals surface area contributed by atoms with Gasteiger partial charge in [-0.3, -0.25) is 0 Å². The van der Waals surface area contributed by atoms with Crippen LogP contribution in [0.1, 0.15) is 24.9 Å². The summed E-state index contributed by atoms with van der Waals surface area (Å²) in [6, 6.07) is 19.2. The van der Waals surface area contributed by atoms with Crippen molar-refractivity contribution in [1.29, 1.82) is 0 Å². The molecule has 21 heavy (non-hydrogen) atoms. The largest absolute Gasteiger partial charge is 0.377 e. The van der Waals surface area contributed by atoms with Gasteiger partial charge in [0.25, 0.3) is 0 Å². The highest BCUT2D eigenvalue weighted by molar-refractivity contribution is 5.61. The Hall–Kier alpha value is -2.55. The summed E-state index contributed by atoms with van der Waals surface area (Å²) in [6.45, 7) is 2.20. The Morgan fingerprint density at radius 3 is 2.52 bits per heavy atom. The van der Waals surface area contributed by atoms with Gasteiger partial charge in [-0.25, -0.2) is 4.98 Å². The van der Waals surface area contributed by atoms with Crippen LogP contribution in [-0.2, 0) is 0 Å². The van der Waals surface area contributed by atoms with E-state index in [-0.39, 0.29) is 0 Å². The minimum atomic E-state index is 0.302. The van der Waals surface area contributed by atoms with E-state index in [4.69, 9.17) is 0 Å². The summed E-state index contributed by atoms with van der Waals surface area (Å²) in [5.41, 5.74) is 3.54. The normalized spacial score (nSPS) is 12.0. The van der Waals surface area contributed by atoms with Crippen LogP contribution in [0.3, 0.4) is 0 Å². The van der Waals surface area contributed by atoms with Crippen molar-refractivity contribution in [3.63, 3.8) is 0 Å². The Kier molecular flexibility index (Phi) is 4.01. The van der Waals surface area contributed by atoms with Crippen molar-refractivity contribution in [1.82, 2.24) is 9.55 Å². The van der Waals surface area contributed by atoms with E-state index in [1.165, 1.54) is 5.56 Å². The van der Waals surface area contributed by atoms with Crippen molar-refractivity contribution in [3.05, 3.63) is 78.9 Å². The van der Waals surface area contributed by atoms with Gasteiger partial charge in [0.05, 0.1) is 23.7 Å². The summed E-state index contributed by atoms with van der Waals surface area (Å²) in [6.07, 6.45) is 6.61. The number of rotatable bonds is 5. The highest BCUT2D eigenvalue weighted by Gasteiger charge is 2.11. The van der Waals surface area contributed by atoms with E-state index < -0.39 is 0 Å². The van der Waals surface area contributed by atoms with Gasteiger partial charge in [-0.05, 0) is 24.1 Å². The van der Waals surface area contributed by atoms with Crippen LogP contribution in [0.4, 0.5) is 5.69 Å². The lowest BCUT2D eigenvalue weighted by atomic mass is 10.0. The van der Waals surface area contributed by atoms with Gasteiger partial charge in [0.2, 0.25) is 0 Å². The Labute approximate surface area is 125 Å². The number of nitrogens with one attached hydrogen (secondary N) is 1. The molecule has 1 aromatic heterocycles. The lowest BCUT2D eigenvalue weighted by Gasteiger charge is -2.21. The van der Waals surface area contributed by atoms with Crippen LogP contribution in [0.2, 0.25) is 0 Å². The Morgan fingerprint density at radius 2 is 1.81 bits per heavy atom. The van der Waals surface area contributed by atoms with Crippen LogP contribution in [0, 0.1) is 0 Å². The maximum absolute atomic E-state index is 4.13. The van der Waals surface area contributed by atoms with Crippen LogP contribution in [-0.4, -0.2) is 9.55 Å². The second kappa shape index (κ2) is 6.27. The minimum absolute atomic E-state index is 0.302. The molecule has 1 N–H and O–H groups in total. The number of hydrogen-bond acceptors (Lipinski definition) is 2. The standard InChI is InChI=1S/C18H19N3/c1-2-16(15-8-4-3-5-9-15)20-17-10-6-7-11-18(17)21-13-12-19-14-21/h3-14,16,20H,2H2,1H3. The zero-order valence-corrected chi connectivity index (χ0v) is 12.1. The third-order valence-corrected chi connectivity index (χ3v) is 3.63. The number of benzene rings is 2. The van der Waals surface area contributed by atoms with E-state index in [1.807, 2.05) is 23.2 Å². The van der Waals surface area contributed by atoms with Crippen molar-refractivity contribution in [2.45, 2.75) is 19.4 Å². The third kappa shape index (κ3) is 2.97. The number of aromatic nitrogens is 2. The second-order valence-corrected chi connectivity index (χ2v) is 5.00. The summed E-state index contributed by atoms with van der Waals surface area (Å²) in [5.74, 6) is 0. The van der Waals surface area contributed by atoms with Gasteiger partial charge in [-0.2, -0.15) is 0 Å². The molecular weight excluding hydrogens is 258 g/mol. The molecule has 3 rings (SSSR count). The third-order valence-electron chi connectivity index (χ3n) is 3.63. The van der Waals surface area contributed by atoms with Crippen LogP contribution in [0.15, 0.2) is 73.3 Å². The summed E-state index contributed by atoms with van der Waals surface area (Å²) < 4.78 is 2.03. The summed E-state index contributed by atoms with van der Waals surface area (Å²) in [7, 11) is 0. The molecule has 0 bridgehead atoms. The molecule has 0 saturated heterocycles. The molecule has 3 heteroatoms. The summed E-state index contributed by atoms with van der Waals surface area (Å²) >= 11 is 0. The lowest BCUT2D eigenvalue weighted by molar-refractivity contribution is 0.748. The average Bonchev–Trinajstić information content (AvgIpc) is 3.08. The smallest absolute Gasteiger partial charge is 0.0992 e. The van der Waals surface area contributed by atoms with Gasteiger partial charge in [0.1, 0.15) is 0 Å². The molecule has 0 saturated carbocycles. The summed E-state index contributed by atoms with van der Waals surface area (Å²) in [4.78, 5) is 4.13. The SMILES string of the molecule is CCC(Nc1ccccc1-n1ccnc1)c1ccccc1. The van der Waals surface area contributed by atoms with Crippen LogP contribution >= 0.6 is 0 Å². The molecule has 106 valence electrons. The highest BCUT2D eigenvalue weighted by Crippen LogP contribution is 2.26. The number of nitrogens with zero attached hydrogens (tertiary/aromatic N) is 2. The van der Waals surface area contributed by atoms with E-state index in [0.717, 1.165) is 17.8 Å². The fraction of sp³-hybridized carbons (Fsp3) is 0.167. The molecule has 0 aliphatic heterocycles. The van der Waals surface area contributed by atoms with E-state index in [2.05, 4.69) is 65.8 Å². The molecule has 0 spiro atoms. The molecule has 1 unspecified atom stereocenters. The zero-order chi connectivity index (χ0) is 14.5. The quantitative estimate of drug-likeness (QED) is 0.747. The van der Waals surface area contributed by atoms with Gasteiger partial charge >= 0.3 is 0 Å². The van der Waals surface area contributed by atoms with Crippen molar-refractivity contribution < 1.29 is 0 Å². The van der Waals surface area contributed by atoms with Gasteiger partial charge in [0.15, 0.2) is 0 Å². The Bertz CT molecular complexity index is 675. The molecule has 0 fully saturated rings. The van der Waals surface area contributed by atoms with E-state index in [1.54, 1.807) is 6.20 Å². The van der Waals surface area contributed by atoms with Crippen molar-refractivity contribution in [2.24, 2.45) is 0 Å². The highest BCUT2D eigenvalue weighted by atomic mass is 15.1. The lowest BCUT2D eigenvalue weighted by Crippen LogP contribution is -2.11. The number of anilines is 1. The molecule has 0 aliphatic rings. The first-order valence-corrected chi connectivity index (χ1v) is 7.27. The van der Waals surface area contributed by atoms with Crippen molar-refractivity contribution in [2.75, 3.05) is 5.32 Å². The molecule has 0 radical (unpaired) electrons.